The molecule has 0 bridgehead atoms. The number of aryl methyl sites for hydroxylation is 2. The molecule has 3 heterocycles. The fraction of sp³-hybridized carbons (Fsp3) is 0.280. The van der Waals surface area contributed by atoms with Crippen molar-refractivity contribution in [2.45, 2.75) is 44.6 Å². The SMILES string of the molecule is Cc1ccc(S(=O)(=O)n2cnc(C(O)C3CCc4c(C)c5ccccc5n4C3=O)c2C)cc1. The van der Waals surface area contributed by atoms with Crippen LogP contribution in [-0.4, -0.2) is 33.0 Å². The first-order valence-corrected chi connectivity index (χ1v) is 12.3. The maximum absolute atomic E-state index is 13.5. The standard InChI is InChI=1S/C25H25N3O4S/c1-15-8-10-18(11-9-15)33(31,32)27-14-26-23(17(27)3)24(29)20-12-13-21-16(2)19-6-4-5-7-22(19)28(21)25(20)30/h4-11,14,20,24,29H,12-13H2,1-3H3. The molecule has 5 rings (SSSR count). The van der Waals surface area contributed by atoms with E-state index in [1.807, 2.05) is 38.1 Å². The molecule has 0 aliphatic carbocycles. The molecule has 0 saturated heterocycles. The molecule has 170 valence electrons. The number of carbonyl (C=O) groups is 1. The highest BCUT2D eigenvalue weighted by Crippen LogP contribution is 2.37. The van der Waals surface area contributed by atoms with Crippen LogP contribution in [0.15, 0.2) is 59.8 Å². The summed E-state index contributed by atoms with van der Waals surface area (Å²) >= 11 is 0. The number of aliphatic hydroxyl groups excluding tert-OH is 1. The molecule has 1 aliphatic rings. The van der Waals surface area contributed by atoms with Crippen LogP contribution in [0, 0.1) is 26.7 Å². The van der Waals surface area contributed by atoms with E-state index in [1.54, 1.807) is 35.8 Å². The normalized spacial score (nSPS) is 17.3. The van der Waals surface area contributed by atoms with Crippen molar-refractivity contribution in [1.82, 2.24) is 13.5 Å². The van der Waals surface area contributed by atoms with E-state index >= 15 is 0 Å². The molecule has 0 saturated carbocycles. The summed E-state index contributed by atoms with van der Waals surface area (Å²) in [5.74, 6) is -0.903. The lowest BCUT2D eigenvalue weighted by Gasteiger charge is -2.27. The van der Waals surface area contributed by atoms with Gasteiger partial charge in [-0.1, -0.05) is 35.9 Å². The largest absolute Gasteiger partial charge is 0.386 e. The topological polar surface area (TPSA) is 94.2 Å². The van der Waals surface area contributed by atoms with Gasteiger partial charge in [-0.25, -0.2) is 17.4 Å². The molecular formula is C25H25N3O4S. The Kier molecular flexibility index (Phi) is 5.02. The van der Waals surface area contributed by atoms with Gasteiger partial charge in [0.25, 0.3) is 10.0 Å². The molecule has 33 heavy (non-hydrogen) atoms. The van der Waals surface area contributed by atoms with E-state index in [4.69, 9.17) is 0 Å². The van der Waals surface area contributed by atoms with Crippen LogP contribution in [-0.2, 0) is 16.4 Å². The number of fused-ring (bicyclic) bond motifs is 3. The smallest absolute Gasteiger partial charge is 0.269 e. The van der Waals surface area contributed by atoms with E-state index in [0.717, 1.165) is 31.7 Å². The predicted molar refractivity (Wildman–Crippen MR) is 125 cm³/mol. The number of rotatable bonds is 4. The summed E-state index contributed by atoms with van der Waals surface area (Å²) in [6, 6.07) is 14.3. The zero-order chi connectivity index (χ0) is 23.5. The Morgan fingerprint density at radius 3 is 2.48 bits per heavy atom. The van der Waals surface area contributed by atoms with Crippen molar-refractivity contribution in [1.29, 1.82) is 0 Å². The highest BCUT2D eigenvalue weighted by molar-refractivity contribution is 7.90. The molecule has 0 amide bonds. The lowest BCUT2D eigenvalue weighted by molar-refractivity contribution is 0.0530. The first-order valence-electron chi connectivity index (χ1n) is 10.9. The third-order valence-electron chi connectivity index (χ3n) is 6.72. The van der Waals surface area contributed by atoms with Crippen LogP contribution in [0.4, 0.5) is 0 Å². The summed E-state index contributed by atoms with van der Waals surface area (Å²) < 4.78 is 29.0. The van der Waals surface area contributed by atoms with E-state index in [1.165, 1.54) is 6.33 Å². The lowest BCUT2D eigenvalue weighted by Crippen LogP contribution is -2.33. The fourth-order valence-electron chi connectivity index (χ4n) is 4.83. The van der Waals surface area contributed by atoms with Gasteiger partial charge in [0.1, 0.15) is 12.4 Å². The zero-order valence-corrected chi connectivity index (χ0v) is 19.5. The first kappa shape index (κ1) is 21.6. The van der Waals surface area contributed by atoms with Crippen LogP contribution < -0.4 is 0 Å². The summed E-state index contributed by atoms with van der Waals surface area (Å²) in [6.07, 6.45) is 1.11. The van der Waals surface area contributed by atoms with Gasteiger partial charge in [-0.2, -0.15) is 0 Å². The molecule has 0 spiro atoms. The van der Waals surface area contributed by atoms with Crippen LogP contribution in [0.5, 0.6) is 0 Å². The van der Waals surface area contributed by atoms with E-state index in [0.29, 0.717) is 18.5 Å². The molecule has 2 unspecified atom stereocenters. The summed E-state index contributed by atoms with van der Waals surface area (Å²) in [7, 11) is -3.86. The summed E-state index contributed by atoms with van der Waals surface area (Å²) in [4.78, 5) is 17.8. The van der Waals surface area contributed by atoms with Gasteiger partial charge >= 0.3 is 0 Å². The van der Waals surface area contributed by atoms with Crippen molar-refractivity contribution in [3.8, 4) is 0 Å². The average Bonchev–Trinajstić information content (AvgIpc) is 3.33. The number of nitrogens with zero attached hydrogens (tertiary/aromatic N) is 3. The number of hydrogen-bond acceptors (Lipinski definition) is 5. The molecule has 2 aromatic carbocycles. The second kappa shape index (κ2) is 7.67. The highest BCUT2D eigenvalue weighted by Gasteiger charge is 2.38. The minimum absolute atomic E-state index is 0.141. The lowest BCUT2D eigenvalue weighted by atomic mass is 9.89. The van der Waals surface area contributed by atoms with Gasteiger partial charge in [0.2, 0.25) is 5.91 Å². The van der Waals surface area contributed by atoms with Gasteiger partial charge in [-0.05, 0) is 57.4 Å². The van der Waals surface area contributed by atoms with Gasteiger partial charge in [0.15, 0.2) is 0 Å². The minimum Gasteiger partial charge on any atom is -0.386 e. The van der Waals surface area contributed by atoms with E-state index in [9.17, 15) is 18.3 Å². The first-order chi connectivity index (χ1) is 15.7. The summed E-state index contributed by atoms with van der Waals surface area (Å²) in [5.41, 5.74) is 4.34. The van der Waals surface area contributed by atoms with Crippen molar-refractivity contribution in [2.75, 3.05) is 0 Å². The van der Waals surface area contributed by atoms with Gasteiger partial charge in [-0.3, -0.25) is 9.36 Å². The van der Waals surface area contributed by atoms with Crippen molar-refractivity contribution in [3.05, 3.63) is 83.1 Å². The van der Waals surface area contributed by atoms with Gasteiger partial charge in [-0.15, -0.1) is 0 Å². The van der Waals surface area contributed by atoms with Crippen LogP contribution >= 0.6 is 0 Å². The number of aromatic nitrogens is 3. The molecule has 1 N–H and O–H groups in total. The molecule has 2 atom stereocenters. The van der Waals surface area contributed by atoms with Crippen LogP contribution in [0.3, 0.4) is 0 Å². The Morgan fingerprint density at radius 2 is 1.76 bits per heavy atom. The van der Waals surface area contributed by atoms with Gasteiger partial charge < -0.3 is 5.11 Å². The van der Waals surface area contributed by atoms with E-state index < -0.39 is 22.0 Å². The van der Waals surface area contributed by atoms with Crippen LogP contribution in [0.2, 0.25) is 0 Å². The Hall–Kier alpha value is -3.23. The monoisotopic (exact) mass is 463 g/mol. The summed E-state index contributed by atoms with van der Waals surface area (Å²) in [6.45, 7) is 5.50. The van der Waals surface area contributed by atoms with Crippen molar-refractivity contribution in [2.24, 2.45) is 5.92 Å². The minimum atomic E-state index is -3.86. The number of para-hydroxylation sites is 1. The zero-order valence-electron chi connectivity index (χ0n) is 18.7. The second-order valence-corrected chi connectivity index (χ2v) is 10.5. The third kappa shape index (κ3) is 3.24. The highest BCUT2D eigenvalue weighted by atomic mass is 32.2. The Balaban J connectivity index is 1.51. The Morgan fingerprint density at radius 1 is 1.06 bits per heavy atom. The number of aliphatic hydroxyl groups is 1. The maximum Gasteiger partial charge on any atom is 0.269 e. The number of benzene rings is 2. The average molecular weight is 464 g/mol. The Bertz CT molecular complexity index is 1500. The molecule has 2 aromatic heterocycles. The molecule has 4 aromatic rings. The van der Waals surface area contributed by atoms with E-state index in [2.05, 4.69) is 4.98 Å². The molecule has 0 fully saturated rings. The maximum atomic E-state index is 13.5. The number of imidazole rings is 1. The molecule has 8 heteroatoms. The summed E-state index contributed by atoms with van der Waals surface area (Å²) in [5, 5.41) is 12.2. The molecule has 1 aliphatic heterocycles. The van der Waals surface area contributed by atoms with Crippen molar-refractivity contribution >= 4 is 26.8 Å². The van der Waals surface area contributed by atoms with Crippen LogP contribution in [0.25, 0.3) is 10.9 Å². The quantitative estimate of drug-likeness (QED) is 0.495. The Labute approximate surface area is 192 Å². The molecule has 0 radical (unpaired) electrons. The van der Waals surface area contributed by atoms with Crippen molar-refractivity contribution < 1.29 is 18.3 Å². The number of carbonyl (C=O) groups excluding carboxylic acids is 1. The molecule has 7 nitrogen and oxygen atoms in total. The van der Waals surface area contributed by atoms with Gasteiger partial charge in [0, 0.05) is 11.1 Å². The fourth-order valence-corrected chi connectivity index (χ4v) is 6.17. The van der Waals surface area contributed by atoms with E-state index in [-0.39, 0.29) is 16.5 Å². The van der Waals surface area contributed by atoms with Crippen molar-refractivity contribution in [3.63, 3.8) is 0 Å². The van der Waals surface area contributed by atoms with Crippen LogP contribution in [0.1, 0.15) is 45.5 Å². The third-order valence-corrected chi connectivity index (χ3v) is 8.48. The second-order valence-electron chi connectivity index (χ2n) is 8.68. The number of hydrogen-bond donors (Lipinski definition) is 1. The van der Waals surface area contributed by atoms with Gasteiger partial charge in [0.05, 0.1) is 27.7 Å². The molecular weight excluding hydrogens is 438 g/mol. The predicted octanol–water partition coefficient (Wildman–Crippen LogP) is 3.94.